The smallest absolute Gasteiger partial charge is 0.300 e. The Bertz CT molecular complexity index is 526. The Kier molecular flexibility index (Phi) is 3.69. The molecule has 1 unspecified atom stereocenters. The first-order chi connectivity index (χ1) is 9.38. The molecule has 2 aliphatic heterocycles. The van der Waals surface area contributed by atoms with E-state index >= 15 is 0 Å². The number of Topliss-reactive ketones (excluding diaryl/α,β-unsaturated/α-hetero) is 1. The molecule has 1 saturated heterocycles. The van der Waals surface area contributed by atoms with E-state index in [1.54, 1.807) is 14.0 Å². The van der Waals surface area contributed by atoms with Crippen LogP contribution in [-0.4, -0.2) is 58.8 Å². The number of amidine groups is 1. The fraction of sp³-hybridized carbons (Fsp3) is 0.615. The Morgan fingerprint density at radius 1 is 1.35 bits per heavy atom. The number of likely N-dealkylation sites (N-methyl/N-ethyl adjacent to an activating group) is 1. The van der Waals surface area contributed by atoms with Gasteiger partial charge < -0.3 is 4.79 Å². The second kappa shape index (κ2) is 5.15. The largest absolute Gasteiger partial charge is 0.331 e. The van der Waals surface area contributed by atoms with E-state index in [-0.39, 0.29) is 17.7 Å². The lowest BCUT2D eigenvalue weighted by atomic mass is 9.96. The highest BCUT2D eigenvalue weighted by atomic mass is 16.2. The zero-order valence-corrected chi connectivity index (χ0v) is 11.9. The monoisotopic (exact) mass is 278 g/mol. The average molecular weight is 278 g/mol. The van der Waals surface area contributed by atoms with Crippen molar-refractivity contribution < 1.29 is 14.4 Å². The van der Waals surface area contributed by atoms with Crippen LogP contribution in [0.3, 0.4) is 0 Å². The van der Waals surface area contributed by atoms with Gasteiger partial charge in [-0.05, 0) is 26.7 Å². The van der Waals surface area contributed by atoms with Gasteiger partial charge in [0, 0.05) is 20.0 Å². The van der Waals surface area contributed by atoms with Gasteiger partial charge in [-0.3, -0.25) is 14.6 Å². The molecule has 0 saturated carbocycles. The molecule has 0 aromatic carbocycles. The molecule has 0 radical (unpaired) electrons. The molecule has 108 valence electrons. The van der Waals surface area contributed by atoms with Crippen LogP contribution in [0.25, 0.3) is 0 Å². The minimum atomic E-state index is -1.09. The third-order valence-electron chi connectivity index (χ3n) is 3.59. The van der Waals surface area contributed by atoms with Gasteiger partial charge in [-0.25, -0.2) is 14.8 Å². The van der Waals surface area contributed by atoms with Crippen molar-refractivity contribution in [3.63, 3.8) is 0 Å². The fourth-order valence-corrected chi connectivity index (χ4v) is 2.41. The number of hydrogen-bond donors (Lipinski definition) is 0. The summed E-state index contributed by atoms with van der Waals surface area (Å²) in [6.07, 6.45) is 3.05. The Morgan fingerprint density at radius 2 is 2.05 bits per heavy atom. The number of ketones is 1. The zero-order valence-electron chi connectivity index (χ0n) is 11.9. The van der Waals surface area contributed by atoms with Crippen LogP contribution < -0.4 is 0 Å². The lowest BCUT2D eigenvalue weighted by Crippen LogP contribution is -2.65. The molecule has 0 N–H and O–H groups in total. The molecule has 20 heavy (non-hydrogen) atoms. The van der Waals surface area contributed by atoms with E-state index in [0.29, 0.717) is 31.6 Å². The van der Waals surface area contributed by atoms with E-state index in [1.165, 1.54) is 23.1 Å². The Balaban J connectivity index is 2.07. The van der Waals surface area contributed by atoms with Crippen LogP contribution in [0.2, 0.25) is 0 Å². The highest BCUT2D eigenvalue weighted by Crippen LogP contribution is 2.28. The van der Waals surface area contributed by atoms with Crippen molar-refractivity contribution in [1.29, 1.82) is 0 Å². The van der Waals surface area contributed by atoms with Crippen LogP contribution in [0.15, 0.2) is 9.98 Å². The second-order valence-corrected chi connectivity index (χ2v) is 5.23. The summed E-state index contributed by atoms with van der Waals surface area (Å²) in [6, 6.07) is -0.389. The molecule has 0 aromatic heterocycles. The number of carbonyl (C=O) groups is 3. The van der Waals surface area contributed by atoms with Gasteiger partial charge in [0.05, 0.1) is 0 Å². The van der Waals surface area contributed by atoms with Gasteiger partial charge in [0.25, 0.3) is 5.91 Å². The molecule has 3 amide bonds. The summed E-state index contributed by atoms with van der Waals surface area (Å²) in [4.78, 5) is 46.1. The van der Waals surface area contributed by atoms with Crippen LogP contribution in [0.4, 0.5) is 4.79 Å². The van der Waals surface area contributed by atoms with Crippen LogP contribution in [0, 0.1) is 0 Å². The molecular formula is C13H18N4O3. The standard InChI is InChI=1S/C13H18N4O3/c1-9(18)6-4-5-7-17-11(19)13(2)10(14-8-15-13)16(3)12(17)20/h8H,4-7H2,1-3H3. The quantitative estimate of drug-likeness (QED) is 0.699. The maximum Gasteiger partial charge on any atom is 0.331 e. The topological polar surface area (TPSA) is 82.4 Å². The van der Waals surface area contributed by atoms with Crippen molar-refractivity contribution in [3.8, 4) is 0 Å². The number of amides is 3. The number of aliphatic imine (C=N–C) groups is 2. The van der Waals surface area contributed by atoms with E-state index in [4.69, 9.17) is 0 Å². The predicted molar refractivity (Wildman–Crippen MR) is 73.7 cm³/mol. The van der Waals surface area contributed by atoms with E-state index in [9.17, 15) is 14.4 Å². The van der Waals surface area contributed by atoms with Crippen molar-refractivity contribution >= 4 is 29.9 Å². The molecule has 0 bridgehead atoms. The summed E-state index contributed by atoms with van der Waals surface area (Å²) in [7, 11) is 1.59. The summed E-state index contributed by atoms with van der Waals surface area (Å²) < 4.78 is 0. The number of imide groups is 1. The maximum atomic E-state index is 12.4. The molecule has 7 nitrogen and oxygen atoms in total. The van der Waals surface area contributed by atoms with Gasteiger partial charge in [0.15, 0.2) is 11.4 Å². The van der Waals surface area contributed by atoms with E-state index < -0.39 is 5.54 Å². The van der Waals surface area contributed by atoms with E-state index in [0.717, 1.165) is 0 Å². The average Bonchev–Trinajstić information content (AvgIpc) is 2.79. The summed E-state index contributed by atoms with van der Waals surface area (Å²) in [6.45, 7) is 3.48. The van der Waals surface area contributed by atoms with Crippen molar-refractivity contribution in [2.45, 2.75) is 38.6 Å². The number of fused-ring (bicyclic) bond motifs is 1. The predicted octanol–water partition coefficient (Wildman–Crippen LogP) is 0.839. The van der Waals surface area contributed by atoms with Crippen molar-refractivity contribution in [3.05, 3.63) is 0 Å². The molecule has 1 atom stereocenters. The molecule has 2 aliphatic rings. The van der Waals surface area contributed by atoms with Gasteiger partial charge in [-0.15, -0.1) is 0 Å². The van der Waals surface area contributed by atoms with Crippen molar-refractivity contribution in [2.24, 2.45) is 9.98 Å². The van der Waals surface area contributed by atoms with Gasteiger partial charge in [0.2, 0.25) is 0 Å². The molecule has 0 spiro atoms. The number of urea groups is 1. The number of hydrogen-bond acceptors (Lipinski definition) is 5. The number of rotatable bonds is 5. The van der Waals surface area contributed by atoms with Crippen LogP contribution in [0.1, 0.15) is 33.1 Å². The second-order valence-electron chi connectivity index (χ2n) is 5.23. The van der Waals surface area contributed by atoms with E-state index in [1.807, 2.05) is 0 Å². The summed E-state index contributed by atoms with van der Waals surface area (Å²) in [5.41, 5.74) is -1.09. The molecule has 1 fully saturated rings. The molecular weight excluding hydrogens is 260 g/mol. The third-order valence-corrected chi connectivity index (χ3v) is 3.59. The normalized spacial score (nSPS) is 25.1. The Hall–Kier alpha value is -2.05. The number of unbranched alkanes of at least 4 members (excludes halogenated alkanes) is 1. The molecule has 2 rings (SSSR count). The van der Waals surface area contributed by atoms with Gasteiger partial charge in [-0.1, -0.05) is 0 Å². The molecule has 0 aromatic rings. The first kappa shape index (κ1) is 14.4. The van der Waals surface area contributed by atoms with Crippen LogP contribution in [-0.2, 0) is 9.59 Å². The minimum absolute atomic E-state index is 0.111. The van der Waals surface area contributed by atoms with Gasteiger partial charge >= 0.3 is 6.03 Å². The first-order valence-corrected chi connectivity index (χ1v) is 6.59. The zero-order chi connectivity index (χ0) is 14.9. The van der Waals surface area contributed by atoms with Crippen LogP contribution >= 0.6 is 0 Å². The molecule has 2 heterocycles. The van der Waals surface area contributed by atoms with Gasteiger partial charge in [-0.2, -0.15) is 0 Å². The fourth-order valence-electron chi connectivity index (χ4n) is 2.41. The van der Waals surface area contributed by atoms with Crippen molar-refractivity contribution in [1.82, 2.24) is 9.80 Å². The SMILES string of the molecule is CC(=O)CCCCN1C(=O)N(C)C2=NC=NC2(C)C1=O. The summed E-state index contributed by atoms with van der Waals surface area (Å²) in [5.74, 6) is 0.128. The minimum Gasteiger partial charge on any atom is -0.300 e. The third kappa shape index (κ3) is 2.23. The first-order valence-electron chi connectivity index (χ1n) is 6.59. The highest BCUT2D eigenvalue weighted by molar-refractivity contribution is 6.26. The number of nitrogens with zero attached hydrogens (tertiary/aromatic N) is 4. The molecule has 0 aliphatic carbocycles. The van der Waals surface area contributed by atoms with E-state index in [2.05, 4.69) is 9.98 Å². The Labute approximate surface area is 117 Å². The lowest BCUT2D eigenvalue weighted by Gasteiger charge is -2.39. The Morgan fingerprint density at radius 3 is 2.70 bits per heavy atom. The number of carbonyl (C=O) groups excluding carboxylic acids is 3. The lowest BCUT2D eigenvalue weighted by molar-refractivity contribution is -0.132. The van der Waals surface area contributed by atoms with Gasteiger partial charge in [0.1, 0.15) is 12.1 Å². The summed E-state index contributed by atoms with van der Waals surface area (Å²) in [5, 5.41) is 0. The highest BCUT2D eigenvalue weighted by Gasteiger charge is 2.52. The summed E-state index contributed by atoms with van der Waals surface area (Å²) >= 11 is 0. The van der Waals surface area contributed by atoms with Crippen LogP contribution in [0.5, 0.6) is 0 Å². The van der Waals surface area contributed by atoms with Crippen molar-refractivity contribution in [2.75, 3.05) is 13.6 Å². The maximum absolute atomic E-state index is 12.4. The molecule has 7 heteroatoms.